The molecule has 8 heteroatoms. The molecule has 0 saturated heterocycles. The van der Waals surface area contributed by atoms with Crippen LogP contribution >= 0.6 is 6.83 Å². The Morgan fingerprint density at radius 1 is 0.700 bits per heavy atom. The van der Waals surface area contributed by atoms with E-state index < -0.39 is 18.6 Å². The number of nitrogens with one attached hydrogen (secondary N) is 2. The van der Waals surface area contributed by atoms with Crippen molar-refractivity contribution in [1.29, 1.82) is 0 Å². The Morgan fingerprint density at radius 3 is 1.47 bits per heavy atom. The third-order valence-corrected chi connectivity index (χ3v) is 12.2. The molecule has 0 bridgehead atoms. The second-order valence-corrected chi connectivity index (χ2v) is 14.1. The van der Waals surface area contributed by atoms with Crippen LogP contribution in [0.5, 0.6) is 0 Å². The van der Waals surface area contributed by atoms with E-state index in [1.165, 1.54) is 0 Å². The number of rotatable bonds is 18. The van der Waals surface area contributed by atoms with Crippen LogP contribution in [0.3, 0.4) is 0 Å². The summed E-state index contributed by atoms with van der Waals surface area (Å²) in [7, 11) is 0. The minimum absolute atomic E-state index is 0.161. The Morgan fingerprint density at radius 2 is 1.10 bits per heavy atom. The molecule has 0 rings (SSSR count). The molecule has 0 atom stereocenters. The first-order valence-electron chi connectivity index (χ1n) is 11.8. The van der Waals surface area contributed by atoms with Crippen LogP contribution < -0.4 is 16.4 Å². The number of carbonyl (C=O) groups excluding carboxylic acids is 3. The second-order valence-electron chi connectivity index (χ2n) is 8.39. The normalized spacial score (nSPS) is 12.6. The molecule has 0 aromatic carbocycles. The predicted octanol–water partition coefficient (Wildman–Crippen LogP) is 3.39. The molecule has 30 heavy (non-hydrogen) atoms. The fourth-order valence-corrected chi connectivity index (χ4v) is 10.7. The van der Waals surface area contributed by atoms with Crippen molar-refractivity contribution >= 4 is 24.6 Å². The van der Waals surface area contributed by atoms with Gasteiger partial charge in [-0.3, -0.25) is 0 Å². The Labute approximate surface area is 183 Å². The Bertz CT molecular complexity index is 485. The molecular formula is C22H46N3O4P. The molecule has 0 radical (unpaired) electrons. The van der Waals surface area contributed by atoms with Gasteiger partial charge in [0.05, 0.1) is 0 Å². The van der Waals surface area contributed by atoms with Crippen LogP contribution in [0.15, 0.2) is 0 Å². The topological polar surface area (TPSA) is 111 Å². The number of carbonyl (C=O) groups is 3. The van der Waals surface area contributed by atoms with Gasteiger partial charge in [-0.2, -0.15) is 0 Å². The summed E-state index contributed by atoms with van der Waals surface area (Å²) in [6, 6.07) is 0. The number of hydrogen-bond donors (Lipinski definition) is 3. The summed E-state index contributed by atoms with van der Waals surface area (Å²) >= 11 is 0. The van der Waals surface area contributed by atoms with Crippen LogP contribution in [0.25, 0.3) is 0 Å². The molecule has 0 unspecified atom stereocenters. The maximum atomic E-state index is 12.9. The molecule has 0 fully saturated rings. The summed E-state index contributed by atoms with van der Waals surface area (Å²) in [6.07, 6.45) is 12.6. The van der Waals surface area contributed by atoms with E-state index in [-0.39, 0.29) is 25.6 Å². The van der Waals surface area contributed by atoms with Gasteiger partial charge in [0, 0.05) is 0 Å². The molecule has 0 spiro atoms. The van der Waals surface area contributed by atoms with Crippen molar-refractivity contribution in [3.63, 3.8) is 0 Å². The van der Waals surface area contributed by atoms with E-state index in [4.69, 9.17) is 10.3 Å². The van der Waals surface area contributed by atoms with Crippen LogP contribution in [0.1, 0.15) is 79.1 Å². The summed E-state index contributed by atoms with van der Waals surface area (Å²) in [5, 5.41) is 4.98. The Kier molecular flexibility index (Phi) is 15.0. The fourth-order valence-electron chi connectivity index (χ4n) is 3.89. The SMILES string of the molecule is CCCCP(CCCC)(CCCC)(CCCC)OC(=O)CNC(=O)CNC(=O)CN. The van der Waals surface area contributed by atoms with Gasteiger partial charge in [0.1, 0.15) is 0 Å². The quantitative estimate of drug-likeness (QED) is 0.279. The number of unbranched alkanes of at least 4 members (excludes halogenated alkanes) is 4. The first kappa shape index (κ1) is 28.8. The molecule has 7 nitrogen and oxygen atoms in total. The van der Waals surface area contributed by atoms with Crippen molar-refractivity contribution in [3.8, 4) is 0 Å². The molecule has 0 aliphatic carbocycles. The van der Waals surface area contributed by atoms with Gasteiger partial charge < -0.3 is 0 Å². The van der Waals surface area contributed by atoms with Gasteiger partial charge in [0.15, 0.2) is 0 Å². The van der Waals surface area contributed by atoms with Crippen molar-refractivity contribution < 1.29 is 18.9 Å². The molecule has 178 valence electrons. The zero-order chi connectivity index (χ0) is 22.9. The third-order valence-electron chi connectivity index (χ3n) is 5.73. The molecule has 4 N–H and O–H groups in total. The average molecular weight is 448 g/mol. The molecule has 0 heterocycles. The number of hydrogen-bond acceptors (Lipinski definition) is 5. The third kappa shape index (κ3) is 10.7. The van der Waals surface area contributed by atoms with Gasteiger partial charge >= 0.3 is 183 Å². The van der Waals surface area contributed by atoms with Crippen molar-refractivity contribution in [3.05, 3.63) is 0 Å². The van der Waals surface area contributed by atoms with Gasteiger partial charge in [-0.05, 0) is 0 Å². The van der Waals surface area contributed by atoms with Crippen LogP contribution in [0.2, 0.25) is 0 Å². The van der Waals surface area contributed by atoms with Gasteiger partial charge in [-0.25, -0.2) is 0 Å². The molecule has 0 aliphatic heterocycles. The number of amides is 2. The van der Waals surface area contributed by atoms with Crippen LogP contribution in [0.4, 0.5) is 0 Å². The zero-order valence-electron chi connectivity index (χ0n) is 19.8. The molecule has 0 aromatic rings. The summed E-state index contributed by atoms with van der Waals surface area (Å²) in [4.78, 5) is 36.0. The molecule has 0 aromatic heterocycles. The monoisotopic (exact) mass is 447 g/mol. The molecular weight excluding hydrogens is 401 g/mol. The van der Waals surface area contributed by atoms with E-state index in [9.17, 15) is 14.4 Å². The average Bonchev–Trinajstić information content (AvgIpc) is 2.76. The zero-order valence-corrected chi connectivity index (χ0v) is 20.7. The molecule has 2 amide bonds. The van der Waals surface area contributed by atoms with Crippen LogP contribution in [-0.4, -0.2) is 62.1 Å². The first-order valence-corrected chi connectivity index (χ1v) is 14.7. The summed E-state index contributed by atoms with van der Waals surface area (Å²) in [6.45, 7) is 5.52. The Balaban J connectivity index is 5.40. The van der Waals surface area contributed by atoms with Crippen molar-refractivity contribution in [1.82, 2.24) is 10.6 Å². The van der Waals surface area contributed by atoms with E-state index >= 15 is 0 Å². The minimum atomic E-state index is -2.69. The fraction of sp³-hybridized carbons (Fsp3) is 0.864. The number of nitrogens with two attached hydrogens (primary N) is 1. The summed E-state index contributed by atoms with van der Waals surface area (Å²) in [5.74, 6) is -1.17. The summed E-state index contributed by atoms with van der Waals surface area (Å²) in [5.41, 5.74) is 5.21. The molecule has 0 aliphatic rings. The van der Waals surface area contributed by atoms with Crippen molar-refractivity contribution in [2.24, 2.45) is 5.73 Å². The van der Waals surface area contributed by atoms with E-state index in [1.54, 1.807) is 0 Å². The molecule has 0 saturated carbocycles. The van der Waals surface area contributed by atoms with Crippen LogP contribution in [0, 0.1) is 0 Å². The van der Waals surface area contributed by atoms with Crippen LogP contribution in [-0.2, 0) is 18.9 Å². The standard InChI is InChI=1S/C22H46N3O4P/c1-5-9-13-30(14-10-6-2,15-11-7-3,16-12-8-4)29-22(28)19-25-21(27)18-24-20(26)17-23/h5-19,23H2,1-4H3,(H,24,26)(H,25,27). The predicted molar refractivity (Wildman–Crippen MR) is 127 cm³/mol. The second kappa shape index (κ2) is 15.6. The van der Waals surface area contributed by atoms with E-state index in [1.807, 2.05) is 0 Å². The van der Waals surface area contributed by atoms with Gasteiger partial charge in [-0.1, -0.05) is 0 Å². The van der Waals surface area contributed by atoms with Gasteiger partial charge in [0.2, 0.25) is 0 Å². The van der Waals surface area contributed by atoms with E-state index in [0.717, 1.165) is 76.0 Å². The van der Waals surface area contributed by atoms with Crippen molar-refractivity contribution in [2.75, 3.05) is 44.3 Å². The van der Waals surface area contributed by atoms with E-state index in [2.05, 4.69) is 38.3 Å². The van der Waals surface area contributed by atoms with Gasteiger partial charge in [0.25, 0.3) is 0 Å². The summed E-state index contributed by atoms with van der Waals surface area (Å²) < 4.78 is 6.50. The van der Waals surface area contributed by atoms with E-state index in [0.29, 0.717) is 0 Å². The van der Waals surface area contributed by atoms with Crippen molar-refractivity contribution in [2.45, 2.75) is 79.1 Å². The Hall–Kier alpha value is -1.20. The van der Waals surface area contributed by atoms with Gasteiger partial charge in [-0.15, -0.1) is 0 Å². The first-order chi connectivity index (χ1) is 14.3. The maximum absolute atomic E-state index is 12.9.